The molecule has 3 rings (SSSR count). The van der Waals surface area contributed by atoms with Crippen LogP contribution in [-0.2, 0) is 13.6 Å². The Bertz CT molecular complexity index is 575. The monoisotopic (exact) mass is 323 g/mol. The van der Waals surface area contributed by atoms with Crippen molar-refractivity contribution in [2.75, 3.05) is 6.54 Å². The van der Waals surface area contributed by atoms with E-state index in [1.165, 1.54) is 24.1 Å². The molecule has 0 bridgehead atoms. The first-order valence-electron chi connectivity index (χ1n) is 6.62. The van der Waals surface area contributed by atoms with Crippen LogP contribution in [0, 0.1) is 6.92 Å². The molecular weight excluding hydrogens is 306 g/mol. The number of nitrogens with zero attached hydrogens (tertiary/aromatic N) is 3. The Morgan fingerprint density at radius 3 is 2.95 bits per heavy atom. The molecule has 3 heterocycles. The number of likely N-dealkylation sites (tertiary alicyclic amines) is 1. The van der Waals surface area contributed by atoms with E-state index in [9.17, 15) is 0 Å². The van der Waals surface area contributed by atoms with Crippen LogP contribution in [0.4, 0.5) is 0 Å². The summed E-state index contributed by atoms with van der Waals surface area (Å²) in [6.45, 7) is 4.13. The minimum absolute atomic E-state index is 0.470. The summed E-state index contributed by atoms with van der Waals surface area (Å²) < 4.78 is 8.37. The predicted molar refractivity (Wildman–Crippen MR) is 76.7 cm³/mol. The fourth-order valence-corrected chi connectivity index (χ4v) is 3.19. The van der Waals surface area contributed by atoms with E-state index in [1.807, 2.05) is 30.1 Å². The summed E-state index contributed by atoms with van der Waals surface area (Å²) in [5.41, 5.74) is 2.61. The lowest BCUT2D eigenvalue weighted by molar-refractivity contribution is 0.226. The zero-order chi connectivity index (χ0) is 13.4. The minimum atomic E-state index is 0.470. The highest BCUT2D eigenvalue weighted by Gasteiger charge is 2.29. The van der Waals surface area contributed by atoms with E-state index in [0.717, 1.165) is 23.5 Å². The van der Waals surface area contributed by atoms with Gasteiger partial charge in [-0.3, -0.25) is 9.58 Å². The van der Waals surface area contributed by atoms with E-state index in [1.54, 1.807) is 0 Å². The van der Waals surface area contributed by atoms with Crippen LogP contribution in [0.1, 0.15) is 35.9 Å². The number of aromatic nitrogens is 2. The van der Waals surface area contributed by atoms with Gasteiger partial charge in [0.25, 0.3) is 0 Å². The second-order valence-electron chi connectivity index (χ2n) is 5.14. The molecule has 0 aliphatic carbocycles. The average Bonchev–Trinajstić information content (AvgIpc) is 3.06. The second-order valence-corrected chi connectivity index (χ2v) is 5.92. The van der Waals surface area contributed by atoms with Crippen LogP contribution in [0.15, 0.2) is 27.4 Å². The Kier molecular flexibility index (Phi) is 3.50. The first kappa shape index (κ1) is 12.9. The molecule has 1 fully saturated rings. The van der Waals surface area contributed by atoms with E-state index in [-0.39, 0.29) is 0 Å². The fourth-order valence-electron chi connectivity index (χ4n) is 2.85. The Balaban J connectivity index is 1.80. The number of rotatable bonds is 3. The summed E-state index contributed by atoms with van der Waals surface area (Å²) in [7, 11) is 2.00. The van der Waals surface area contributed by atoms with Crippen LogP contribution in [0.25, 0.3) is 0 Å². The maximum absolute atomic E-state index is 5.62. The lowest BCUT2D eigenvalue weighted by Crippen LogP contribution is -2.22. The molecule has 4 nitrogen and oxygen atoms in total. The summed E-state index contributed by atoms with van der Waals surface area (Å²) >= 11 is 3.36. The van der Waals surface area contributed by atoms with Gasteiger partial charge in [0.15, 0.2) is 4.67 Å². The van der Waals surface area contributed by atoms with E-state index < -0.39 is 0 Å². The minimum Gasteiger partial charge on any atom is -0.453 e. The third-order valence-electron chi connectivity index (χ3n) is 3.98. The molecule has 0 spiro atoms. The molecule has 0 amide bonds. The van der Waals surface area contributed by atoms with Crippen LogP contribution in [0.5, 0.6) is 0 Å². The van der Waals surface area contributed by atoms with Crippen molar-refractivity contribution in [3.8, 4) is 0 Å². The molecule has 5 heteroatoms. The van der Waals surface area contributed by atoms with E-state index in [0.29, 0.717) is 6.04 Å². The highest BCUT2D eigenvalue weighted by molar-refractivity contribution is 9.10. The predicted octanol–water partition coefficient (Wildman–Crippen LogP) is 3.42. The topological polar surface area (TPSA) is 34.2 Å². The number of halogens is 1. The zero-order valence-electron chi connectivity index (χ0n) is 11.3. The standard InChI is InChI=1S/C14H18BrN3O/c1-10-12(8-16-17(10)2)13-4-3-7-18(13)9-11-5-6-14(15)19-11/h5-6,8,13H,3-4,7,9H2,1-2H3. The first-order chi connectivity index (χ1) is 9.15. The first-order valence-corrected chi connectivity index (χ1v) is 7.41. The van der Waals surface area contributed by atoms with Gasteiger partial charge in [0.2, 0.25) is 0 Å². The number of hydrogen-bond acceptors (Lipinski definition) is 3. The van der Waals surface area contributed by atoms with E-state index in [2.05, 4.69) is 32.9 Å². The summed E-state index contributed by atoms with van der Waals surface area (Å²) in [5.74, 6) is 1.01. The maximum Gasteiger partial charge on any atom is 0.169 e. The van der Waals surface area contributed by atoms with Crippen molar-refractivity contribution in [2.24, 2.45) is 7.05 Å². The maximum atomic E-state index is 5.62. The van der Waals surface area contributed by atoms with Gasteiger partial charge in [-0.15, -0.1) is 0 Å². The molecule has 2 aromatic heterocycles. The van der Waals surface area contributed by atoms with Gasteiger partial charge in [0.1, 0.15) is 5.76 Å². The zero-order valence-corrected chi connectivity index (χ0v) is 12.9. The molecule has 1 saturated heterocycles. The van der Waals surface area contributed by atoms with Crippen LogP contribution >= 0.6 is 15.9 Å². The Hall–Kier alpha value is -1.07. The molecule has 0 aromatic carbocycles. The van der Waals surface area contributed by atoms with Crippen molar-refractivity contribution in [3.05, 3.63) is 40.0 Å². The van der Waals surface area contributed by atoms with Crippen molar-refractivity contribution in [1.29, 1.82) is 0 Å². The smallest absolute Gasteiger partial charge is 0.169 e. The summed E-state index contributed by atoms with van der Waals surface area (Å²) in [4.78, 5) is 2.48. The van der Waals surface area contributed by atoms with Gasteiger partial charge in [0.05, 0.1) is 12.7 Å². The third kappa shape index (κ3) is 2.49. The van der Waals surface area contributed by atoms with Crippen LogP contribution in [0.3, 0.4) is 0 Å². The van der Waals surface area contributed by atoms with Gasteiger partial charge in [-0.1, -0.05) is 0 Å². The molecule has 0 radical (unpaired) electrons. The van der Waals surface area contributed by atoms with Gasteiger partial charge in [-0.25, -0.2) is 0 Å². The molecule has 2 aromatic rings. The van der Waals surface area contributed by atoms with Gasteiger partial charge < -0.3 is 4.42 Å². The second kappa shape index (κ2) is 5.13. The van der Waals surface area contributed by atoms with Gasteiger partial charge >= 0.3 is 0 Å². The quantitative estimate of drug-likeness (QED) is 0.867. The number of hydrogen-bond donors (Lipinski definition) is 0. The van der Waals surface area contributed by atoms with Crippen molar-refractivity contribution < 1.29 is 4.42 Å². The number of furan rings is 1. The van der Waals surface area contributed by atoms with Crippen molar-refractivity contribution in [1.82, 2.24) is 14.7 Å². The SMILES string of the molecule is Cc1c(C2CCCN2Cc2ccc(Br)o2)cnn1C. The normalized spacial score (nSPS) is 20.3. The fraction of sp³-hybridized carbons (Fsp3) is 0.500. The molecule has 1 aliphatic heterocycles. The number of aryl methyl sites for hydroxylation is 1. The van der Waals surface area contributed by atoms with E-state index >= 15 is 0 Å². The van der Waals surface area contributed by atoms with Crippen LogP contribution < -0.4 is 0 Å². The molecule has 0 N–H and O–H groups in total. The summed E-state index contributed by atoms with van der Waals surface area (Å²) in [6.07, 6.45) is 4.45. The lowest BCUT2D eigenvalue weighted by atomic mass is 10.1. The van der Waals surface area contributed by atoms with E-state index in [4.69, 9.17) is 4.42 Å². The highest BCUT2D eigenvalue weighted by Crippen LogP contribution is 2.34. The summed E-state index contributed by atoms with van der Waals surface area (Å²) in [6, 6.07) is 4.46. The van der Waals surface area contributed by atoms with Crippen LogP contribution in [0.2, 0.25) is 0 Å². The molecule has 1 unspecified atom stereocenters. The Labute approximate surface area is 121 Å². The van der Waals surface area contributed by atoms with Gasteiger partial charge in [-0.05, 0) is 54.4 Å². The molecule has 102 valence electrons. The van der Waals surface area contributed by atoms with Crippen molar-refractivity contribution >= 4 is 15.9 Å². The molecule has 1 atom stereocenters. The third-order valence-corrected chi connectivity index (χ3v) is 4.41. The van der Waals surface area contributed by atoms with Crippen LogP contribution in [-0.4, -0.2) is 21.2 Å². The molecule has 0 saturated carbocycles. The lowest BCUT2D eigenvalue weighted by Gasteiger charge is -2.23. The highest BCUT2D eigenvalue weighted by atomic mass is 79.9. The van der Waals surface area contributed by atoms with Gasteiger partial charge in [0, 0.05) is 24.3 Å². The van der Waals surface area contributed by atoms with Crippen molar-refractivity contribution in [3.63, 3.8) is 0 Å². The van der Waals surface area contributed by atoms with Crippen molar-refractivity contribution in [2.45, 2.75) is 32.4 Å². The molecule has 19 heavy (non-hydrogen) atoms. The largest absolute Gasteiger partial charge is 0.453 e. The molecule has 1 aliphatic rings. The Morgan fingerprint density at radius 2 is 2.32 bits per heavy atom. The summed E-state index contributed by atoms with van der Waals surface area (Å²) in [5, 5.41) is 4.37. The molecular formula is C14H18BrN3O. The Morgan fingerprint density at radius 1 is 1.47 bits per heavy atom. The van der Waals surface area contributed by atoms with Gasteiger partial charge in [-0.2, -0.15) is 5.10 Å². The average molecular weight is 324 g/mol.